The Balaban J connectivity index is 2.14. The van der Waals surface area contributed by atoms with E-state index in [1.54, 1.807) is 31.2 Å². The Kier molecular flexibility index (Phi) is 5.26. The van der Waals surface area contributed by atoms with Crippen molar-refractivity contribution in [3.8, 4) is 17.2 Å². The summed E-state index contributed by atoms with van der Waals surface area (Å²) in [4.78, 5) is 24.1. The topological polar surface area (TPSA) is 96.9 Å². The van der Waals surface area contributed by atoms with Gasteiger partial charge in [0.05, 0.1) is 25.6 Å². The molecule has 0 unspecified atom stereocenters. The van der Waals surface area contributed by atoms with Gasteiger partial charge in [0, 0.05) is 6.07 Å². The van der Waals surface area contributed by atoms with E-state index in [2.05, 4.69) is 10.6 Å². The molecular weight excluding hydrogens is 312 g/mol. The van der Waals surface area contributed by atoms with Gasteiger partial charge in [0.2, 0.25) is 0 Å². The van der Waals surface area contributed by atoms with Crippen LogP contribution in [0.5, 0.6) is 17.2 Å². The molecule has 0 saturated carbocycles. The van der Waals surface area contributed by atoms with Crippen LogP contribution >= 0.6 is 0 Å². The molecule has 0 spiro atoms. The number of hydrogen-bond donors (Lipinski definition) is 3. The fraction of sp³-hybridized carbons (Fsp3) is 0.176. The zero-order valence-electron chi connectivity index (χ0n) is 13.5. The van der Waals surface area contributed by atoms with Crippen LogP contribution in [0.1, 0.15) is 5.56 Å². The van der Waals surface area contributed by atoms with Crippen molar-refractivity contribution in [3.63, 3.8) is 0 Å². The lowest BCUT2D eigenvalue weighted by molar-refractivity contribution is -0.133. The van der Waals surface area contributed by atoms with Crippen LogP contribution in [0, 0.1) is 6.92 Å². The highest BCUT2D eigenvalue weighted by molar-refractivity contribution is 6.44. The average molecular weight is 330 g/mol. The first-order valence-corrected chi connectivity index (χ1v) is 7.08. The highest BCUT2D eigenvalue weighted by Crippen LogP contribution is 2.29. The maximum Gasteiger partial charge on any atom is 0.314 e. The normalized spacial score (nSPS) is 9.96. The second-order valence-corrected chi connectivity index (χ2v) is 5.00. The Hall–Kier alpha value is -3.22. The fourth-order valence-corrected chi connectivity index (χ4v) is 2.02. The summed E-state index contributed by atoms with van der Waals surface area (Å²) in [5, 5.41) is 14.5. The minimum Gasteiger partial charge on any atom is -0.506 e. The van der Waals surface area contributed by atoms with Gasteiger partial charge >= 0.3 is 11.8 Å². The molecule has 2 rings (SSSR count). The molecule has 0 radical (unpaired) electrons. The molecule has 7 nitrogen and oxygen atoms in total. The summed E-state index contributed by atoms with van der Waals surface area (Å²) in [5.41, 5.74) is 1.29. The Bertz CT molecular complexity index is 774. The van der Waals surface area contributed by atoms with Gasteiger partial charge in [0.25, 0.3) is 0 Å². The van der Waals surface area contributed by atoms with Crippen molar-refractivity contribution in [3.05, 3.63) is 42.0 Å². The lowest BCUT2D eigenvalue weighted by atomic mass is 10.2. The number of aryl methyl sites for hydroxylation is 1. The zero-order valence-corrected chi connectivity index (χ0v) is 13.5. The molecule has 2 amide bonds. The number of hydrogen-bond acceptors (Lipinski definition) is 5. The summed E-state index contributed by atoms with van der Waals surface area (Å²) in [6.45, 7) is 1.80. The molecule has 0 heterocycles. The number of phenols is 1. The summed E-state index contributed by atoms with van der Waals surface area (Å²) in [7, 11) is 2.93. The van der Waals surface area contributed by atoms with Crippen LogP contribution in [-0.4, -0.2) is 31.1 Å². The molecule has 0 atom stereocenters. The molecule has 0 saturated heterocycles. The van der Waals surface area contributed by atoms with Gasteiger partial charge in [-0.15, -0.1) is 0 Å². The number of phenolic OH excluding ortho intramolecular Hbond substituents is 1. The molecule has 0 aliphatic rings. The van der Waals surface area contributed by atoms with E-state index in [0.29, 0.717) is 17.2 Å². The van der Waals surface area contributed by atoms with Gasteiger partial charge in [0.1, 0.15) is 17.2 Å². The first kappa shape index (κ1) is 17.1. The van der Waals surface area contributed by atoms with Gasteiger partial charge in [0.15, 0.2) is 0 Å². The molecule has 0 bridgehead atoms. The number of benzene rings is 2. The van der Waals surface area contributed by atoms with Crippen molar-refractivity contribution < 1.29 is 24.2 Å². The zero-order chi connectivity index (χ0) is 17.7. The maximum absolute atomic E-state index is 12.1. The number of anilines is 2. The highest BCUT2D eigenvalue weighted by atomic mass is 16.5. The third-order valence-electron chi connectivity index (χ3n) is 3.26. The van der Waals surface area contributed by atoms with Crippen molar-refractivity contribution >= 4 is 23.2 Å². The molecule has 24 heavy (non-hydrogen) atoms. The van der Waals surface area contributed by atoms with Crippen molar-refractivity contribution in [2.24, 2.45) is 0 Å². The molecule has 126 valence electrons. The van der Waals surface area contributed by atoms with Crippen molar-refractivity contribution in [2.45, 2.75) is 6.92 Å². The summed E-state index contributed by atoms with van der Waals surface area (Å²) < 4.78 is 10.2. The van der Waals surface area contributed by atoms with Gasteiger partial charge in [-0.3, -0.25) is 9.59 Å². The molecule has 7 heteroatoms. The van der Waals surface area contributed by atoms with E-state index in [1.807, 2.05) is 0 Å². The minimum atomic E-state index is -0.916. The predicted octanol–water partition coefficient (Wildman–Crippen LogP) is 2.30. The third-order valence-corrected chi connectivity index (χ3v) is 3.26. The number of carbonyl (C=O) groups is 2. The molecular formula is C17H18N2O5. The maximum atomic E-state index is 12.1. The van der Waals surface area contributed by atoms with Crippen LogP contribution < -0.4 is 20.1 Å². The van der Waals surface area contributed by atoms with E-state index in [0.717, 1.165) is 5.56 Å². The Labute approximate surface area is 139 Å². The fourth-order valence-electron chi connectivity index (χ4n) is 2.02. The van der Waals surface area contributed by atoms with E-state index < -0.39 is 11.8 Å². The quantitative estimate of drug-likeness (QED) is 0.590. The van der Waals surface area contributed by atoms with Crippen LogP contribution in [0.15, 0.2) is 36.4 Å². The number of carbonyl (C=O) groups excluding carboxylic acids is 2. The average Bonchev–Trinajstić information content (AvgIpc) is 2.57. The van der Waals surface area contributed by atoms with Crippen LogP contribution in [0.3, 0.4) is 0 Å². The van der Waals surface area contributed by atoms with E-state index in [-0.39, 0.29) is 11.4 Å². The van der Waals surface area contributed by atoms with Gasteiger partial charge in [-0.2, -0.15) is 0 Å². The van der Waals surface area contributed by atoms with E-state index in [4.69, 9.17) is 9.47 Å². The van der Waals surface area contributed by atoms with Crippen molar-refractivity contribution in [1.29, 1.82) is 0 Å². The number of amides is 2. The summed E-state index contributed by atoms with van der Waals surface area (Å²) in [5.74, 6) is -1.05. The van der Waals surface area contributed by atoms with Gasteiger partial charge in [-0.1, -0.05) is 6.07 Å². The molecule has 2 aromatic rings. The van der Waals surface area contributed by atoms with E-state index >= 15 is 0 Å². The van der Waals surface area contributed by atoms with Crippen LogP contribution in [0.2, 0.25) is 0 Å². The summed E-state index contributed by atoms with van der Waals surface area (Å²) in [6, 6.07) is 9.50. The molecule has 2 aromatic carbocycles. The minimum absolute atomic E-state index is 0.124. The van der Waals surface area contributed by atoms with E-state index in [1.165, 1.54) is 26.4 Å². The molecule has 0 aromatic heterocycles. The number of aromatic hydroxyl groups is 1. The second kappa shape index (κ2) is 7.36. The smallest absolute Gasteiger partial charge is 0.314 e. The van der Waals surface area contributed by atoms with Gasteiger partial charge < -0.3 is 25.2 Å². The summed E-state index contributed by atoms with van der Waals surface area (Å²) in [6.07, 6.45) is 0. The summed E-state index contributed by atoms with van der Waals surface area (Å²) >= 11 is 0. The largest absolute Gasteiger partial charge is 0.506 e. The highest BCUT2D eigenvalue weighted by Gasteiger charge is 2.18. The van der Waals surface area contributed by atoms with E-state index in [9.17, 15) is 14.7 Å². The molecule has 3 N–H and O–H groups in total. The Morgan fingerprint density at radius 3 is 2.21 bits per heavy atom. The first-order valence-electron chi connectivity index (χ1n) is 7.08. The number of methoxy groups -OCH3 is 2. The van der Waals surface area contributed by atoms with Crippen LogP contribution in [-0.2, 0) is 9.59 Å². The molecule has 0 aliphatic heterocycles. The SMILES string of the molecule is COc1ccc(OC)c(NC(=O)C(=O)Nc2cc(C)ccc2O)c1. The molecule has 0 aliphatic carbocycles. The number of rotatable bonds is 4. The Morgan fingerprint density at radius 1 is 0.917 bits per heavy atom. The van der Waals surface area contributed by atoms with Crippen LogP contribution in [0.4, 0.5) is 11.4 Å². The van der Waals surface area contributed by atoms with Gasteiger partial charge in [-0.05, 0) is 36.8 Å². The monoisotopic (exact) mass is 330 g/mol. The molecule has 0 fully saturated rings. The number of nitrogens with one attached hydrogen (secondary N) is 2. The number of ether oxygens (including phenoxy) is 2. The van der Waals surface area contributed by atoms with Gasteiger partial charge in [-0.25, -0.2) is 0 Å². The third kappa shape index (κ3) is 3.95. The lowest BCUT2D eigenvalue weighted by Crippen LogP contribution is -2.29. The lowest BCUT2D eigenvalue weighted by Gasteiger charge is -2.12. The first-order chi connectivity index (χ1) is 11.4. The van der Waals surface area contributed by atoms with Crippen molar-refractivity contribution in [1.82, 2.24) is 0 Å². The van der Waals surface area contributed by atoms with Crippen LogP contribution in [0.25, 0.3) is 0 Å². The predicted molar refractivity (Wildman–Crippen MR) is 89.6 cm³/mol. The standard InChI is InChI=1S/C17H18N2O5/c1-10-4-6-14(20)12(8-10)18-16(21)17(22)19-13-9-11(23-2)5-7-15(13)24-3/h4-9,20H,1-3H3,(H,18,21)(H,19,22). The second-order valence-electron chi connectivity index (χ2n) is 5.00. The Morgan fingerprint density at radius 2 is 1.58 bits per heavy atom. The van der Waals surface area contributed by atoms with Crippen molar-refractivity contribution in [2.75, 3.05) is 24.9 Å².